The zero-order valence-corrected chi connectivity index (χ0v) is 12.5. The molecule has 0 saturated heterocycles. The molecule has 102 valence electrons. The van der Waals surface area contributed by atoms with Gasteiger partial charge < -0.3 is 10.3 Å². The maximum Gasteiger partial charge on any atom is 0.260 e. The fourth-order valence-electron chi connectivity index (χ4n) is 1.57. The van der Waals surface area contributed by atoms with Crippen molar-refractivity contribution >= 4 is 17.4 Å². The van der Waals surface area contributed by atoms with Crippen molar-refractivity contribution in [3.05, 3.63) is 29.6 Å². The van der Waals surface area contributed by atoms with Gasteiger partial charge in [0.05, 0.1) is 11.3 Å². The van der Waals surface area contributed by atoms with E-state index in [4.69, 9.17) is 10.3 Å². The van der Waals surface area contributed by atoms with Gasteiger partial charge in [-0.3, -0.25) is 0 Å². The van der Waals surface area contributed by atoms with Gasteiger partial charge in [-0.25, -0.2) is 0 Å². The van der Waals surface area contributed by atoms with Crippen molar-refractivity contribution in [3.8, 4) is 11.5 Å². The van der Waals surface area contributed by atoms with E-state index in [-0.39, 0.29) is 4.75 Å². The summed E-state index contributed by atoms with van der Waals surface area (Å²) in [5, 5.41) is 4.00. The van der Waals surface area contributed by atoms with Gasteiger partial charge in [0, 0.05) is 10.4 Å². The fraction of sp³-hybridized carbons (Fsp3) is 0.429. The number of nitrogens with two attached hydrogens (primary N) is 1. The second-order valence-electron chi connectivity index (χ2n) is 5.45. The van der Waals surface area contributed by atoms with Crippen molar-refractivity contribution in [1.29, 1.82) is 0 Å². The number of rotatable bonds is 3. The summed E-state index contributed by atoms with van der Waals surface area (Å²) >= 11 is 1.79. The highest BCUT2D eigenvalue weighted by Gasteiger charge is 2.16. The van der Waals surface area contributed by atoms with Crippen LogP contribution in [0.2, 0.25) is 0 Å². The number of anilines is 1. The molecule has 0 aliphatic carbocycles. The molecule has 4 nitrogen and oxygen atoms in total. The van der Waals surface area contributed by atoms with Crippen molar-refractivity contribution < 1.29 is 4.52 Å². The molecule has 0 aliphatic rings. The van der Waals surface area contributed by atoms with Crippen LogP contribution in [-0.4, -0.2) is 14.9 Å². The molecule has 1 aromatic heterocycles. The van der Waals surface area contributed by atoms with E-state index in [1.54, 1.807) is 11.8 Å². The number of aromatic nitrogens is 2. The smallest absolute Gasteiger partial charge is 0.260 e. The second kappa shape index (κ2) is 5.25. The van der Waals surface area contributed by atoms with Gasteiger partial charge in [0.15, 0.2) is 5.82 Å². The Morgan fingerprint density at radius 2 is 2.05 bits per heavy atom. The fourth-order valence-corrected chi connectivity index (χ4v) is 2.25. The number of nitrogens with zero attached hydrogens (tertiary/aromatic N) is 2. The minimum Gasteiger partial charge on any atom is -0.398 e. The molecule has 0 amide bonds. The summed E-state index contributed by atoms with van der Waals surface area (Å²) in [6.45, 7) is 8.46. The quantitative estimate of drug-likeness (QED) is 0.867. The molecule has 0 unspecified atom stereocenters. The second-order valence-corrected chi connectivity index (χ2v) is 7.26. The van der Waals surface area contributed by atoms with Crippen LogP contribution in [0.3, 0.4) is 0 Å². The van der Waals surface area contributed by atoms with Gasteiger partial charge in [-0.2, -0.15) is 4.98 Å². The third-order valence-electron chi connectivity index (χ3n) is 2.66. The van der Waals surface area contributed by atoms with Crippen molar-refractivity contribution in [2.45, 2.75) is 38.2 Å². The van der Waals surface area contributed by atoms with E-state index in [0.29, 0.717) is 17.4 Å². The minimum absolute atomic E-state index is 0.184. The van der Waals surface area contributed by atoms with E-state index < -0.39 is 0 Å². The highest BCUT2D eigenvalue weighted by Crippen LogP contribution is 2.29. The molecular formula is C14H19N3OS. The van der Waals surface area contributed by atoms with Crippen LogP contribution in [0.25, 0.3) is 11.5 Å². The first kappa shape index (κ1) is 13.9. The van der Waals surface area contributed by atoms with Gasteiger partial charge in [0.25, 0.3) is 5.89 Å². The average molecular weight is 277 g/mol. The van der Waals surface area contributed by atoms with E-state index in [2.05, 4.69) is 30.9 Å². The zero-order valence-electron chi connectivity index (χ0n) is 11.7. The van der Waals surface area contributed by atoms with Crippen molar-refractivity contribution in [2.75, 3.05) is 5.73 Å². The van der Waals surface area contributed by atoms with Crippen molar-refractivity contribution in [1.82, 2.24) is 10.1 Å². The molecule has 5 heteroatoms. The molecular weight excluding hydrogens is 258 g/mol. The van der Waals surface area contributed by atoms with Crippen LogP contribution in [0.15, 0.2) is 22.7 Å². The van der Waals surface area contributed by atoms with Crippen LogP contribution in [0.5, 0.6) is 0 Å². The number of hydrogen-bond acceptors (Lipinski definition) is 5. The van der Waals surface area contributed by atoms with E-state index in [1.165, 1.54) is 0 Å². The number of hydrogen-bond donors (Lipinski definition) is 1. The standard InChI is InChI=1S/C14H19N3OS/c1-9-6-5-7-10(12(9)15)13-16-11(17-18-13)8-19-14(2,3)4/h5-7H,8,15H2,1-4H3. The molecule has 0 saturated carbocycles. The number of para-hydroxylation sites is 1. The molecule has 0 atom stereocenters. The molecule has 0 fully saturated rings. The third kappa shape index (κ3) is 3.50. The molecule has 19 heavy (non-hydrogen) atoms. The predicted molar refractivity (Wildman–Crippen MR) is 79.9 cm³/mol. The number of aryl methyl sites for hydroxylation is 1. The van der Waals surface area contributed by atoms with Crippen LogP contribution in [0.1, 0.15) is 32.2 Å². The van der Waals surface area contributed by atoms with Crippen molar-refractivity contribution in [2.24, 2.45) is 0 Å². The summed E-state index contributed by atoms with van der Waals surface area (Å²) in [6.07, 6.45) is 0. The van der Waals surface area contributed by atoms with Gasteiger partial charge in [-0.1, -0.05) is 38.1 Å². The van der Waals surface area contributed by atoms with Gasteiger partial charge in [0.2, 0.25) is 0 Å². The number of thioether (sulfide) groups is 1. The molecule has 1 aromatic carbocycles. The lowest BCUT2D eigenvalue weighted by molar-refractivity contribution is 0.425. The number of nitrogen functional groups attached to an aromatic ring is 1. The van der Waals surface area contributed by atoms with Crippen LogP contribution in [-0.2, 0) is 5.75 Å². The summed E-state index contributed by atoms with van der Waals surface area (Å²) in [7, 11) is 0. The van der Waals surface area contributed by atoms with Gasteiger partial charge >= 0.3 is 0 Å². The molecule has 0 radical (unpaired) electrons. The Balaban J connectivity index is 2.19. The van der Waals surface area contributed by atoms with Gasteiger partial charge in [0.1, 0.15) is 0 Å². The van der Waals surface area contributed by atoms with Gasteiger partial charge in [-0.15, -0.1) is 11.8 Å². The summed E-state index contributed by atoms with van der Waals surface area (Å²) in [5.41, 5.74) is 8.55. The Morgan fingerprint density at radius 1 is 1.32 bits per heavy atom. The first-order valence-electron chi connectivity index (χ1n) is 6.19. The van der Waals surface area contributed by atoms with Crippen LogP contribution >= 0.6 is 11.8 Å². The lowest BCUT2D eigenvalue weighted by Crippen LogP contribution is -2.07. The maximum atomic E-state index is 6.03. The van der Waals surface area contributed by atoms with Crippen LogP contribution < -0.4 is 5.73 Å². The summed E-state index contributed by atoms with van der Waals surface area (Å²) in [4.78, 5) is 4.41. The summed E-state index contributed by atoms with van der Waals surface area (Å²) in [5.74, 6) is 1.93. The van der Waals surface area contributed by atoms with Crippen LogP contribution in [0.4, 0.5) is 5.69 Å². The summed E-state index contributed by atoms with van der Waals surface area (Å²) in [6, 6.07) is 5.80. The normalized spacial score (nSPS) is 11.8. The lowest BCUT2D eigenvalue weighted by Gasteiger charge is -2.15. The monoisotopic (exact) mass is 277 g/mol. The largest absolute Gasteiger partial charge is 0.398 e. The maximum absolute atomic E-state index is 6.03. The Hall–Kier alpha value is -1.49. The predicted octanol–water partition coefficient (Wildman–Crippen LogP) is 3.66. The summed E-state index contributed by atoms with van der Waals surface area (Å²) < 4.78 is 5.48. The average Bonchev–Trinajstić information content (AvgIpc) is 2.78. The van der Waals surface area contributed by atoms with E-state index in [0.717, 1.165) is 16.9 Å². The minimum atomic E-state index is 0.184. The Kier molecular flexibility index (Phi) is 3.85. The molecule has 0 bridgehead atoms. The van der Waals surface area contributed by atoms with E-state index >= 15 is 0 Å². The lowest BCUT2D eigenvalue weighted by atomic mass is 10.1. The Bertz CT molecular complexity index is 572. The molecule has 1 heterocycles. The van der Waals surface area contributed by atoms with Crippen molar-refractivity contribution in [3.63, 3.8) is 0 Å². The third-order valence-corrected chi connectivity index (χ3v) is 3.93. The first-order chi connectivity index (χ1) is 8.87. The first-order valence-corrected chi connectivity index (χ1v) is 7.17. The van der Waals surface area contributed by atoms with E-state index in [9.17, 15) is 0 Å². The molecule has 2 aromatic rings. The Morgan fingerprint density at radius 3 is 2.74 bits per heavy atom. The Labute approximate surface area is 117 Å². The molecule has 0 spiro atoms. The zero-order chi connectivity index (χ0) is 14.0. The number of benzene rings is 1. The highest BCUT2D eigenvalue weighted by atomic mass is 32.2. The van der Waals surface area contributed by atoms with Gasteiger partial charge in [-0.05, 0) is 18.6 Å². The topological polar surface area (TPSA) is 64.9 Å². The highest BCUT2D eigenvalue weighted by molar-refractivity contribution is 7.99. The SMILES string of the molecule is Cc1cccc(-c2nc(CSC(C)(C)C)no2)c1N. The molecule has 2 rings (SSSR count). The van der Waals surface area contributed by atoms with Crippen LogP contribution in [0, 0.1) is 6.92 Å². The van der Waals surface area contributed by atoms with E-state index in [1.807, 2.05) is 25.1 Å². The molecule has 2 N–H and O–H groups in total. The molecule has 0 aliphatic heterocycles.